The number of nitrogens with zero attached hydrogens (tertiary/aromatic N) is 1. The van der Waals surface area contributed by atoms with E-state index in [4.69, 9.17) is 11.6 Å². The summed E-state index contributed by atoms with van der Waals surface area (Å²) in [6.07, 6.45) is 3.02. The minimum atomic E-state index is -0.406. The molecule has 0 saturated carbocycles. The summed E-state index contributed by atoms with van der Waals surface area (Å²) in [5.41, 5.74) is 1.01. The normalized spacial score (nSPS) is 17.4. The molecule has 1 atom stereocenters. The fourth-order valence-electron chi connectivity index (χ4n) is 3.25. The molecule has 0 aliphatic heterocycles. The van der Waals surface area contributed by atoms with Gasteiger partial charge in [0.15, 0.2) is 0 Å². The second-order valence-electron chi connectivity index (χ2n) is 6.10. The van der Waals surface area contributed by atoms with Crippen LogP contribution in [0.5, 0.6) is 0 Å². The molecule has 4 nitrogen and oxygen atoms in total. The van der Waals surface area contributed by atoms with E-state index in [0.717, 1.165) is 24.8 Å². The first-order chi connectivity index (χ1) is 11.0. The van der Waals surface area contributed by atoms with Gasteiger partial charge in [-0.15, -0.1) is 11.3 Å². The van der Waals surface area contributed by atoms with Crippen LogP contribution in [0.3, 0.4) is 0 Å². The van der Waals surface area contributed by atoms with E-state index in [1.54, 1.807) is 35.6 Å². The van der Waals surface area contributed by atoms with Crippen LogP contribution in [-0.4, -0.2) is 9.55 Å². The number of aromatic nitrogens is 2. The lowest BCUT2D eigenvalue weighted by molar-refractivity contribution is 0.508. The summed E-state index contributed by atoms with van der Waals surface area (Å²) in [5.74, 6) is 0.565. The van der Waals surface area contributed by atoms with Crippen molar-refractivity contribution in [3.8, 4) is 5.69 Å². The van der Waals surface area contributed by atoms with Gasteiger partial charge in [0.05, 0.1) is 11.1 Å². The van der Waals surface area contributed by atoms with Crippen molar-refractivity contribution in [1.82, 2.24) is 9.55 Å². The van der Waals surface area contributed by atoms with Gasteiger partial charge in [0, 0.05) is 9.90 Å². The van der Waals surface area contributed by atoms with Crippen LogP contribution in [0.1, 0.15) is 23.8 Å². The van der Waals surface area contributed by atoms with E-state index in [-0.39, 0.29) is 5.56 Å². The SMILES string of the molecule is C[C@H]1CCc2sc3[nH]c(=O)n(-c4ccc(Cl)cc4)c(=O)c3c2C1. The van der Waals surface area contributed by atoms with Crippen molar-refractivity contribution in [2.45, 2.75) is 26.2 Å². The Bertz CT molecular complexity index is 1010. The van der Waals surface area contributed by atoms with Crippen molar-refractivity contribution in [2.24, 2.45) is 5.92 Å². The molecule has 0 spiro atoms. The summed E-state index contributed by atoms with van der Waals surface area (Å²) < 4.78 is 1.20. The van der Waals surface area contributed by atoms with E-state index in [1.807, 2.05) is 0 Å². The van der Waals surface area contributed by atoms with E-state index >= 15 is 0 Å². The van der Waals surface area contributed by atoms with Crippen molar-refractivity contribution in [3.05, 3.63) is 60.6 Å². The Labute approximate surface area is 141 Å². The van der Waals surface area contributed by atoms with E-state index < -0.39 is 5.69 Å². The molecule has 0 radical (unpaired) electrons. The maximum absolute atomic E-state index is 13.0. The van der Waals surface area contributed by atoms with Gasteiger partial charge in [0.2, 0.25) is 0 Å². The predicted octanol–water partition coefficient (Wildman–Crippen LogP) is 3.52. The van der Waals surface area contributed by atoms with Crippen molar-refractivity contribution >= 4 is 33.2 Å². The molecule has 118 valence electrons. The third kappa shape index (κ3) is 2.35. The molecule has 1 N–H and O–H groups in total. The van der Waals surface area contributed by atoms with Crippen LogP contribution < -0.4 is 11.2 Å². The highest BCUT2D eigenvalue weighted by molar-refractivity contribution is 7.18. The zero-order chi connectivity index (χ0) is 16.1. The Morgan fingerprint density at radius 2 is 2.00 bits per heavy atom. The summed E-state index contributed by atoms with van der Waals surface area (Å²) >= 11 is 7.44. The van der Waals surface area contributed by atoms with Gasteiger partial charge in [-0.25, -0.2) is 9.36 Å². The molecule has 1 aliphatic rings. The number of rotatable bonds is 1. The zero-order valence-electron chi connectivity index (χ0n) is 12.6. The molecule has 0 fully saturated rings. The third-order valence-electron chi connectivity index (χ3n) is 4.43. The van der Waals surface area contributed by atoms with Gasteiger partial charge in [0.25, 0.3) is 5.56 Å². The van der Waals surface area contributed by atoms with Crippen LogP contribution >= 0.6 is 22.9 Å². The van der Waals surface area contributed by atoms with Crippen molar-refractivity contribution in [2.75, 3.05) is 0 Å². The van der Waals surface area contributed by atoms with Gasteiger partial charge in [0.1, 0.15) is 4.83 Å². The number of fused-ring (bicyclic) bond motifs is 3. The highest BCUT2D eigenvalue weighted by Gasteiger charge is 2.24. The largest absolute Gasteiger partial charge is 0.334 e. The van der Waals surface area contributed by atoms with Gasteiger partial charge in [-0.1, -0.05) is 18.5 Å². The first kappa shape index (κ1) is 14.7. The molecule has 1 aliphatic carbocycles. The fourth-order valence-corrected chi connectivity index (χ4v) is 4.61. The first-order valence-electron chi connectivity index (χ1n) is 7.60. The van der Waals surface area contributed by atoms with Crippen LogP contribution in [0, 0.1) is 5.92 Å². The minimum Gasteiger partial charge on any atom is -0.298 e. The Kier molecular flexibility index (Phi) is 3.43. The average molecular weight is 347 g/mol. The predicted molar refractivity (Wildman–Crippen MR) is 94.2 cm³/mol. The van der Waals surface area contributed by atoms with Crippen molar-refractivity contribution < 1.29 is 0 Å². The number of hydrogen-bond donors (Lipinski definition) is 1. The zero-order valence-corrected chi connectivity index (χ0v) is 14.1. The van der Waals surface area contributed by atoms with Gasteiger partial charge < -0.3 is 0 Å². The van der Waals surface area contributed by atoms with Crippen molar-refractivity contribution in [3.63, 3.8) is 0 Å². The van der Waals surface area contributed by atoms with Gasteiger partial charge in [-0.3, -0.25) is 9.78 Å². The molecular formula is C17H15ClN2O2S. The molecule has 0 amide bonds. The number of H-pyrrole nitrogens is 1. The maximum Gasteiger partial charge on any atom is 0.334 e. The molecule has 4 rings (SSSR count). The summed E-state index contributed by atoms with van der Waals surface area (Å²) in [5, 5.41) is 1.24. The monoisotopic (exact) mass is 346 g/mol. The van der Waals surface area contributed by atoms with E-state index in [9.17, 15) is 9.59 Å². The number of nitrogens with one attached hydrogen (secondary N) is 1. The number of aryl methyl sites for hydroxylation is 1. The Hall–Kier alpha value is -1.85. The molecule has 0 bridgehead atoms. The summed E-state index contributed by atoms with van der Waals surface area (Å²) in [6, 6.07) is 6.73. The molecule has 6 heteroatoms. The van der Waals surface area contributed by atoms with Gasteiger partial charge in [-0.2, -0.15) is 0 Å². The molecular weight excluding hydrogens is 332 g/mol. The second-order valence-corrected chi connectivity index (χ2v) is 7.64. The Morgan fingerprint density at radius 3 is 2.74 bits per heavy atom. The highest BCUT2D eigenvalue weighted by atomic mass is 35.5. The molecule has 23 heavy (non-hydrogen) atoms. The number of hydrogen-bond acceptors (Lipinski definition) is 3. The Balaban J connectivity index is 2.03. The van der Waals surface area contributed by atoms with Crippen molar-refractivity contribution in [1.29, 1.82) is 0 Å². The van der Waals surface area contributed by atoms with Crippen LogP contribution in [0.4, 0.5) is 0 Å². The quantitative estimate of drug-likeness (QED) is 0.733. The van der Waals surface area contributed by atoms with Crippen LogP contribution in [-0.2, 0) is 12.8 Å². The van der Waals surface area contributed by atoms with Crippen LogP contribution in [0.15, 0.2) is 33.9 Å². The van der Waals surface area contributed by atoms with E-state index in [0.29, 0.717) is 26.8 Å². The minimum absolute atomic E-state index is 0.238. The molecule has 0 saturated heterocycles. The maximum atomic E-state index is 13.0. The molecule has 2 heterocycles. The summed E-state index contributed by atoms with van der Waals surface area (Å²) in [6.45, 7) is 2.20. The number of thiophene rings is 1. The first-order valence-corrected chi connectivity index (χ1v) is 8.79. The summed E-state index contributed by atoms with van der Waals surface area (Å²) in [7, 11) is 0. The summed E-state index contributed by atoms with van der Waals surface area (Å²) in [4.78, 5) is 30.2. The lowest BCUT2D eigenvalue weighted by atomic mass is 9.89. The fraction of sp³-hybridized carbons (Fsp3) is 0.294. The second kappa shape index (κ2) is 5.35. The lowest BCUT2D eigenvalue weighted by Gasteiger charge is -2.17. The van der Waals surface area contributed by atoms with E-state index in [1.165, 1.54) is 9.44 Å². The molecule has 1 aromatic carbocycles. The standard InChI is InChI=1S/C17H15ClN2O2S/c1-9-2-7-13-12(8-9)14-15(23-13)19-17(22)20(16(14)21)11-5-3-10(18)4-6-11/h3-6,9H,2,7-8H2,1H3,(H,19,22)/t9-/m0/s1. The van der Waals surface area contributed by atoms with Gasteiger partial charge >= 0.3 is 5.69 Å². The Morgan fingerprint density at radius 1 is 1.26 bits per heavy atom. The number of benzene rings is 1. The molecule has 3 aromatic rings. The van der Waals surface area contributed by atoms with E-state index in [2.05, 4.69) is 11.9 Å². The lowest BCUT2D eigenvalue weighted by Crippen LogP contribution is -2.33. The number of aromatic amines is 1. The van der Waals surface area contributed by atoms with Crippen LogP contribution in [0.2, 0.25) is 5.02 Å². The van der Waals surface area contributed by atoms with Crippen LogP contribution in [0.25, 0.3) is 15.9 Å². The average Bonchev–Trinajstić information content (AvgIpc) is 2.86. The molecule has 2 aromatic heterocycles. The topological polar surface area (TPSA) is 54.9 Å². The molecule has 0 unspecified atom stereocenters. The smallest absolute Gasteiger partial charge is 0.298 e. The third-order valence-corrected chi connectivity index (χ3v) is 5.89. The van der Waals surface area contributed by atoms with Gasteiger partial charge in [-0.05, 0) is 55.0 Å². The highest BCUT2D eigenvalue weighted by Crippen LogP contribution is 2.35. The number of halogens is 1.